The van der Waals surface area contributed by atoms with Gasteiger partial charge in [0.25, 0.3) is 11.8 Å². The number of anilines is 4. The van der Waals surface area contributed by atoms with Crippen LogP contribution >= 0.6 is 0 Å². The predicted molar refractivity (Wildman–Crippen MR) is 151 cm³/mol. The molecule has 3 aromatic rings. The zero-order valence-corrected chi connectivity index (χ0v) is 21.9. The zero-order chi connectivity index (χ0) is 26.5. The monoisotopic (exact) mass is 514 g/mol. The summed E-state index contributed by atoms with van der Waals surface area (Å²) in [5.74, 6) is 0.356. The molecule has 3 N–H and O–H groups in total. The minimum Gasteiger partial charge on any atom is -0.378 e. The van der Waals surface area contributed by atoms with Crippen LogP contribution in [0.5, 0.6) is 0 Å². The second-order valence-electron chi connectivity index (χ2n) is 9.63. The summed E-state index contributed by atoms with van der Waals surface area (Å²) in [5, 5.41) is 9.38. The summed E-state index contributed by atoms with van der Waals surface area (Å²) >= 11 is 0. The highest BCUT2D eigenvalue weighted by Gasteiger charge is 2.19. The molecule has 38 heavy (non-hydrogen) atoms. The number of benzene rings is 2. The van der Waals surface area contributed by atoms with Gasteiger partial charge in [-0.1, -0.05) is 12.1 Å². The van der Waals surface area contributed by atoms with Gasteiger partial charge in [-0.15, -0.1) is 0 Å². The first kappa shape index (κ1) is 25.7. The number of hydrogen-bond acceptors (Lipinski definition) is 7. The van der Waals surface area contributed by atoms with Gasteiger partial charge in [0.2, 0.25) is 0 Å². The SMILES string of the molecule is Cc1ccc(NC(=O)c2ccnc(N3CCOCC3)c2)cc1NC(=O)c1cccc(N2CCNCC2)c1C. The maximum absolute atomic E-state index is 13.3. The Morgan fingerprint density at radius 1 is 0.895 bits per heavy atom. The van der Waals surface area contributed by atoms with E-state index in [1.165, 1.54) is 0 Å². The van der Waals surface area contributed by atoms with E-state index in [4.69, 9.17) is 4.74 Å². The van der Waals surface area contributed by atoms with Crippen LogP contribution in [0.3, 0.4) is 0 Å². The number of aromatic nitrogens is 1. The van der Waals surface area contributed by atoms with Crippen molar-refractivity contribution >= 4 is 34.7 Å². The van der Waals surface area contributed by atoms with E-state index in [0.717, 1.165) is 61.9 Å². The van der Waals surface area contributed by atoms with Gasteiger partial charge < -0.3 is 30.5 Å². The first-order valence-electron chi connectivity index (χ1n) is 13.1. The molecule has 2 amide bonds. The summed E-state index contributed by atoms with van der Waals surface area (Å²) in [6.45, 7) is 10.4. The van der Waals surface area contributed by atoms with Crippen LogP contribution in [0.1, 0.15) is 31.8 Å². The maximum Gasteiger partial charge on any atom is 0.256 e. The molecule has 0 radical (unpaired) electrons. The number of piperazine rings is 1. The molecule has 2 fully saturated rings. The molecule has 0 spiro atoms. The molecule has 1 aromatic heterocycles. The van der Waals surface area contributed by atoms with Gasteiger partial charge in [0.1, 0.15) is 5.82 Å². The predicted octanol–water partition coefficient (Wildman–Crippen LogP) is 3.45. The summed E-state index contributed by atoms with van der Waals surface area (Å²) in [5.41, 5.74) is 5.38. The lowest BCUT2D eigenvalue weighted by atomic mass is 10.0. The fourth-order valence-corrected chi connectivity index (χ4v) is 4.87. The van der Waals surface area contributed by atoms with Gasteiger partial charge in [0.05, 0.1) is 13.2 Å². The van der Waals surface area contributed by atoms with Gasteiger partial charge in [0, 0.05) is 73.7 Å². The van der Waals surface area contributed by atoms with Gasteiger partial charge in [-0.25, -0.2) is 4.98 Å². The highest BCUT2D eigenvalue weighted by atomic mass is 16.5. The number of pyridine rings is 1. The van der Waals surface area contributed by atoms with Crippen molar-refractivity contribution in [3.05, 3.63) is 77.0 Å². The highest BCUT2D eigenvalue weighted by molar-refractivity contribution is 6.08. The molecule has 0 saturated carbocycles. The van der Waals surface area contributed by atoms with Crippen LogP contribution in [0.15, 0.2) is 54.7 Å². The molecule has 2 aromatic carbocycles. The number of morpholine rings is 1. The van der Waals surface area contributed by atoms with Crippen LogP contribution in [0.2, 0.25) is 0 Å². The number of amides is 2. The van der Waals surface area contributed by atoms with Gasteiger partial charge in [-0.05, 0) is 61.4 Å². The molecule has 9 nitrogen and oxygen atoms in total. The lowest BCUT2D eigenvalue weighted by Crippen LogP contribution is -2.43. The van der Waals surface area contributed by atoms with E-state index in [2.05, 4.69) is 36.8 Å². The van der Waals surface area contributed by atoms with E-state index in [0.29, 0.717) is 35.7 Å². The summed E-state index contributed by atoms with van der Waals surface area (Å²) in [4.78, 5) is 35.2. The number of hydrogen-bond donors (Lipinski definition) is 3. The minimum absolute atomic E-state index is 0.171. The summed E-state index contributed by atoms with van der Waals surface area (Å²) in [6, 6.07) is 14.9. The minimum atomic E-state index is -0.234. The third-order valence-electron chi connectivity index (χ3n) is 7.09. The Bertz CT molecular complexity index is 1320. The smallest absolute Gasteiger partial charge is 0.256 e. The van der Waals surface area contributed by atoms with Crippen LogP contribution in [-0.4, -0.2) is 69.3 Å². The van der Waals surface area contributed by atoms with Crippen LogP contribution in [0.25, 0.3) is 0 Å². The van der Waals surface area contributed by atoms with E-state index < -0.39 is 0 Å². The molecule has 0 aliphatic carbocycles. The van der Waals surface area contributed by atoms with E-state index >= 15 is 0 Å². The Kier molecular flexibility index (Phi) is 7.86. The van der Waals surface area contributed by atoms with Crippen molar-refractivity contribution in [3.8, 4) is 0 Å². The Hall–Kier alpha value is -3.95. The molecule has 3 heterocycles. The molecular formula is C29H34N6O3. The van der Waals surface area contributed by atoms with Crippen LogP contribution in [0.4, 0.5) is 22.9 Å². The van der Waals surface area contributed by atoms with E-state index in [1.807, 2.05) is 38.1 Å². The number of carbonyl (C=O) groups is 2. The average molecular weight is 515 g/mol. The van der Waals surface area contributed by atoms with Crippen molar-refractivity contribution in [2.24, 2.45) is 0 Å². The van der Waals surface area contributed by atoms with Gasteiger partial charge in [-0.3, -0.25) is 9.59 Å². The topological polar surface area (TPSA) is 98.8 Å². The Balaban J connectivity index is 1.30. The molecule has 0 atom stereocenters. The molecule has 9 heteroatoms. The first-order chi connectivity index (χ1) is 18.5. The standard InChI is InChI=1S/C29H34N6O3/c1-20-6-7-23(32-28(36)22-8-9-31-27(18-22)35-14-16-38-17-15-35)19-25(20)33-29(37)24-4-3-5-26(21(24)2)34-12-10-30-11-13-34/h3-9,18-19,30H,10-17H2,1-2H3,(H,32,36)(H,33,37). The fourth-order valence-electron chi connectivity index (χ4n) is 4.87. The fraction of sp³-hybridized carbons (Fsp3) is 0.345. The average Bonchev–Trinajstić information content (AvgIpc) is 2.96. The molecular weight excluding hydrogens is 480 g/mol. The van der Waals surface area contributed by atoms with Crippen molar-refractivity contribution < 1.29 is 14.3 Å². The van der Waals surface area contributed by atoms with E-state index in [-0.39, 0.29) is 11.8 Å². The van der Waals surface area contributed by atoms with E-state index in [9.17, 15) is 9.59 Å². The largest absolute Gasteiger partial charge is 0.378 e. The van der Waals surface area contributed by atoms with E-state index in [1.54, 1.807) is 24.4 Å². The first-order valence-corrected chi connectivity index (χ1v) is 13.1. The number of nitrogens with one attached hydrogen (secondary N) is 3. The molecule has 0 bridgehead atoms. The molecule has 2 aliphatic heterocycles. The number of carbonyl (C=O) groups excluding carboxylic acids is 2. The third kappa shape index (κ3) is 5.79. The number of aryl methyl sites for hydroxylation is 1. The lowest BCUT2D eigenvalue weighted by Gasteiger charge is -2.31. The third-order valence-corrected chi connectivity index (χ3v) is 7.09. The number of rotatable bonds is 6. The summed E-state index contributed by atoms with van der Waals surface area (Å²) in [7, 11) is 0. The van der Waals surface area contributed by atoms with Crippen LogP contribution in [-0.2, 0) is 4.74 Å². The summed E-state index contributed by atoms with van der Waals surface area (Å²) < 4.78 is 5.41. The van der Waals surface area contributed by atoms with Crippen molar-refractivity contribution in [3.63, 3.8) is 0 Å². The van der Waals surface area contributed by atoms with Crippen molar-refractivity contribution in [1.82, 2.24) is 10.3 Å². The molecule has 2 aliphatic rings. The quantitative estimate of drug-likeness (QED) is 0.464. The van der Waals surface area contributed by atoms with Crippen LogP contribution < -0.4 is 25.8 Å². The summed E-state index contributed by atoms with van der Waals surface area (Å²) in [6.07, 6.45) is 1.65. The van der Waals surface area contributed by atoms with Crippen molar-refractivity contribution in [1.29, 1.82) is 0 Å². The van der Waals surface area contributed by atoms with Crippen LogP contribution in [0, 0.1) is 13.8 Å². The Morgan fingerprint density at radius 3 is 2.47 bits per heavy atom. The highest BCUT2D eigenvalue weighted by Crippen LogP contribution is 2.26. The molecule has 198 valence electrons. The molecule has 5 rings (SSSR count). The maximum atomic E-state index is 13.3. The van der Waals surface area contributed by atoms with Crippen molar-refractivity contribution in [2.75, 3.05) is 72.9 Å². The van der Waals surface area contributed by atoms with Gasteiger partial charge in [-0.2, -0.15) is 0 Å². The Morgan fingerprint density at radius 2 is 1.68 bits per heavy atom. The second kappa shape index (κ2) is 11.6. The van der Waals surface area contributed by atoms with Crippen molar-refractivity contribution in [2.45, 2.75) is 13.8 Å². The Labute approximate surface area is 223 Å². The van der Waals surface area contributed by atoms with Gasteiger partial charge in [0.15, 0.2) is 0 Å². The molecule has 2 saturated heterocycles. The number of nitrogens with zero attached hydrogens (tertiary/aromatic N) is 3. The second-order valence-corrected chi connectivity index (χ2v) is 9.63. The van der Waals surface area contributed by atoms with Gasteiger partial charge >= 0.3 is 0 Å². The lowest BCUT2D eigenvalue weighted by molar-refractivity contribution is 0.101. The molecule has 0 unspecified atom stereocenters. The number of ether oxygens (including phenoxy) is 1. The zero-order valence-electron chi connectivity index (χ0n) is 21.9. The normalized spacial score (nSPS) is 15.7.